The van der Waals surface area contributed by atoms with Gasteiger partial charge >= 0.3 is 0 Å². The summed E-state index contributed by atoms with van der Waals surface area (Å²) in [6.07, 6.45) is 3.91. The summed E-state index contributed by atoms with van der Waals surface area (Å²) in [5.74, 6) is 0.823. The van der Waals surface area contributed by atoms with Gasteiger partial charge in [-0.15, -0.1) is 0 Å². The van der Waals surface area contributed by atoms with Crippen LogP contribution in [0.3, 0.4) is 0 Å². The van der Waals surface area contributed by atoms with Gasteiger partial charge in [0.1, 0.15) is 0 Å². The fraction of sp³-hybridized carbons (Fsp3) is 0.923. The molecular weight excluding hydrogens is 230 g/mol. The van der Waals surface area contributed by atoms with Gasteiger partial charge in [0, 0.05) is 18.3 Å². The summed E-state index contributed by atoms with van der Waals surface area (Å²) in [6.45, 7) is 10.4. The van der Waals surface area contributed by atoms with E-state index in [1.165, 1.54) is 44.1 Å². The van der Waals surface area contributed by atoms with Crippen molar-refractivity contribution in [2.24, 2.45) is 10.9 Å². The summed E-state index contributed by atoms with van der Waals surface area (Å²) >= 11 is 1.95. The summed E-state index contributed by atoms with van der Waals surface area (Å²) in [6, 6.07) is 0. The molecule has 98 valence electrons. The number of aliphatic imine (C=N–C) groups is 1. The second kappa shape index (κ2) is 6.64. The van der Waals surface area contributed by atoms with Crippen LogP contribution in [0.15, 0.2) is 4.99 Å². The molecule has 4 heteroatoms. The van der Waals surface area contributed by atoms with E-state index in [1.54, 1.807) is 0 Å². The van der Waals surface area contributed by atoms with Crippen LogP contribution in [-0.2, 0) is 0 Å². The van der Waals surface area contributed by atoms with E-state index in [4.69, 9.17) is 0 Å². The molecule has 0 aliphatic carbocycles. The van der Waals surface area contributed by atoms with Gasteiger partial charge in [-0.05, 0) is 31.8 Å². The van der Waals surface area contributed by atoms with Crippen LogP contribution >= 0.6 is 11.8 Å². The number of rotatable bonds is 5. The monoisotopic (exact) mass is 255 g/mol. The standard InChI is InChI=1S/C13H25N3S/c1-3-5-12-9-15-13(17-12)14-8-11-6-7-16(4-2)10-11/h11-12H,3-10H2,1-2H3,(H,14,15). The summed E-state index contributed by atoms with van der Waals surface area (Å²) in [5.41, 5.74) is 0. The van der Waals surface area contributed by atoms with Gasteiger partial charge in [0.15, 0.2) is 5.17 Å². The molecule has 2 atom stereocenters. The van der Waals surface area contributed by atoms with E-state index in [0.717, 1.165) is 24.3 Å². The minimum absolute atomic E-state index is 0.734. The largest absolute Gasteiger partial charge is 0.365 e. The molecule has 2 unspecified atom stereocenters. The summed E-state index contributed by atoms with van der Waals surface area (Å²) in [4.78, 5) is 7.13. The normalized spacial score (nSPS) is 29.6. The Hall–Kier alpha value is -0.220. The second-order valence-corrected chi connectivity index (χ2v) is 6.39. The third-order valence-corrected chi connectivity index (χ3v) is 4.90. The number of amidine groups is 1. The van der Waals surface area contributed by atoms with Gasteiger partial charge in [-0.3, -0.25) is 4.99 Å². The van der Waals surface area contributed by atoms with Crippen LogP contribution in [0.1, 0.15) is 33.1 Å². The topological polar surface area (TPSA) is 27.6 Å². The van der Waals surface area contributed by atoms with E-state index in [1.807, 2.05) is 11.8 Å². The Labute approximate surface area is 109 Å². The van der Waals surface area contributed by atoms with Gasteiger partial charge in [0.25, 0.3) is 0 Å². The van der Waals surface area contributed by atoms with Crippen LogP contribution in [0.5, 0.6) is 0 Å². The van der Waals surface area contributed by atoms with Gasteiger partial charge < -0.3 is 10.2 Å². The molecule has 1 fully saturated rings. The van der Waals surface area contributed by atoms with E-state index in [0.29, 0.717) is 0 Å². The van der Waals surface area contributed by atoms with Crippen LogP contribution < -0.4 is 5.32 Å². The molecule has 0 aromatic heterocycles. The molecule has 2 aliphatic rings. The average Bonchev–Trinajstić information content (AvgIpc) is 2.95. The molecule has 2 rings (SSSR count). The molecule has 0 bridgehead atoms. The Kier molecular flexibility index (Phi) is 5.16. The minimum atomic E-state index is 0.734. The van der Waals surface area contributed by atoms with Crippen molar-refractivity contribution in [3.63, 3.8) is 0 Å². The Morgan fingerprint density at radius 2 is 2.35 bits per heavy atom. The highest BCUT2D eigenvalue weighted by Gasteiger charge is 2.23. The van der Waals surface area contributed by atoms with Crippen molar-refractivity contribution in [2.45, 2.75) is 38.4 Å². The van der Waals surface area contributed by atoms with Gasteiger partial charge in [-0.1, -0.05) is 32.0 Å². The maximum Gasteiger partial charge on any atom is 0.156 e. The highest BCUT2D eigenvalue weighted by Crippen LogP contribution is 2.24. The summed E-state index contributed by atoms with van der Waals surface area (Å²) in [7, 11) is 0. The van der Waals surface area contributed by atoms with Crippen molar-refractivity contribution < 1.29 is 0 Å². The van der Waals surface area contributed by atoms with E-state index >= 15 is 0 Å². The molecule has 3 nitrogen and oxygen atoms in total. The van der Waals surface area contributed by atoms with E-state index in [-0.39, 0.29) is 0 Å². The molecule has 0 aromatic carbocycles. The molecule has 0 amide bonds. The van der Waals surface area contributed by atoms with Crippen molar-refractivity contribution in [1.29, 1.82) is 0 Å². The maximum atomic E-state index is 4.59. The predicted octanol–water partition coefficient (Wildman–Crippen LogP) is 2.19. The van der Waals surface area contributed by atoms with Crippen LogP contribution in [0.4, 0.5) is 0 Å². The molecule has 1 N–H and O–H groups in total. The Bertz CT molecular complexity index is 267. The average molecular weight is 255 g/mol. The maximum absolute atomic E-state index is 4.59. The zero-order valence-corrected chi connectivity index (χ0v) is 11.9. The van der Waals surface area contributed by atoms with Crippen molar-refractivity contribution in [2.75, 3.05) is 32.7 Å². The van der Waals surface area contributed by atoms with Crippen LogP contribution in [-0.4, -0.2) is 48.0 Å². The van der Waals surface area contributed by atoms with Gasteiger partial charge in [-0.2, -0.15) is 0 Å². The number of thioether (sulfide) groups is 1. The Morgan fingerprint density at radius 3 is 3.06 bits per heavy atom. The van der Waals surface area contributed by atoms with Gasteiger partial charge in [0.2, 0.25) is 0 Å². The molecule has 0 radical (unpaired) electrons. The fourth-order valence-electron chi connectivity index (χ4n) is 2.59. The van der Waals surface area contributed by atoms with Crippen LogP contribution in [0.25, 0.3) is 0 Å². The van der Waals surface area contributed by atoms with Crippen molar-refractivity contribution in [3.8, 4) is 0 Å². The number of nitrogens with zero attached hydrogens (tertiary/aromatic N) is 2. The molecular formula is C13H25N3S. The second-order valence-electron chi connectivity index (χ2n) is 5.10. The van der Waals surface area contributed by atoms with Crippen molar-refractivity contribution in [3.05, 3.63) is 0 Å². The number of nitrogens with one attached hydrogen (secondary N) is 1. The zero-order chi connectivity index (χ0) is 12.1. The highest BCUT2D eigenvalue weighted by atomic mass is 32.2. The molecule has 2 heterocycles. The quantitative estimate of drug-likeness (QED) is 0.816. The zero-order valence-electron chi connectivity index (χ0n) is 11.1. The van der Waals surface area contributed by atoms with Crippen LogP contribution in [0, 0.1) is 5.92 Å². The molecule has 0 saturated carbocycles. The molecule has 2 aliphatic heterocycles. The lowest BCUT2D eigenvalue weighted by molar-refractivity contribution is 0.342. The SMILES string of the molecule is CCCC1CN=C(NCC2CCN(CC)C2)S1. The van der Waals surface area contributed by atoms with E-state index < -0.39 is 0 Å². The fourth-order valence-corrected chi connectivity index (χ4v) is 3.72. The molecule has 0 aromatic rings. The lowest BCUT2D eigenvalue weighted by Crippen LogP contribution is -2.29. The summed E-state index contributed by atoms with van der Waals surface area (Å²) < 4.78 is 0. The minimum Gasteiger partial charge on any atom is -0.365 e. The third-order valence-electron chi connectivity index (χ3n) is 3.69. The number of hydrogen-bond acceptors (Lipinski definition) is 4. The van der Waals surface area contributed by atoms with Crippen molar-refractivity contribution in [1.82, 2.24) is 10.2 Å². The third kappa shape index (κ3) is 3.88. The molecule has 1 saturated heterocycles. The molecule has 17 heavy (non-hydrogen) atoms. The Balaban J connectivity index is 1.63. The van der Waals surface area contributed by atoms with E-state index in [9.17, 15) is 0 Å². The first-order valence-electron chi connectivity index (χ1n) is 6.99. The summed E-state index contributed by atoms with van der Waals surface area (Å²) in [5, 5.41) is 5.47. The lowest BCUT2D eigenvalue weighted by Gasteiger charge is -2.14. The van der Waals surface area contributed by atoms with Crippen molar-refractivity contribution >= 4 is 16.9 Å². The first kappa shape index (κ1) is 13.2. The van der Waals surface area contributed by atoms with E-state index in [2.05, 4.69) is 29.1 Å². The first-order valence-corrected chi connectivity index (χ1v) is 7.87. The smallest absolute Gasteiger partial charge is 0.156 e. The van der Waals surface area contributed by atoms with Gasteiger partial charge in [0.05, 0.1) is 6.54 Å². The predicted molar refractivity (Wildman–Crippen MR) is 76.8 cm³/mol. The molecule has 0 spiro atoms. The number of likely N-dealkylation sites (tertiary alicyclic amines) is 1. The first-order chi connectivity index (χ1) is 8.31. The van der Waals surface area contributed by atoms with Crippen LogP contribution in [0.2, 0.25) is 0 Å². The Morgan fingerprint density at radius 1 is 1.47 bits per heavy atom. The lowest BCUT2D eigenvalue weighted by atomic mass is 10.1. The van der Waals surface area contributed by atoms with Gasteiger partial charge in [-0.25, -0.2) is 0 Å². The number of hydrogen-bond donors (Lipinski definition) is 1. The highest BCUT2D eigenvalue weighted by molar-refractivity contribution is 8.14.